The second-order valence-corrected chi connectivity index (χ2v) is 9.55. The van der Waals surface area contributed by atoms with Crippen molar-refractivity contribution in [2.24, 2.45) is 0 Å². The summed E-state index contributed by atoms with van der Waals surface area (Å²) in [5.41, 5.74) is 5.07. The van der Waals surface area contributed by atoms with Crippen molar-refractivity contribution >= 4 is 44.7 Å². The van der Waals surface area contributed by atoms with E-state index in [9.17, 15) is 14.4 Å². The lowest BCUT2D eigenvalue weighted by molar-refractivity contribution is -0.120. The number of fused-ring (bicyclic) bond motifs is 2. The van der Waals surface area contributed by atoms with Crippen LogP contribution in [0.4, 0.5) is 11.4 Å². The molecule has 0 fully saturated rings. The van der Waals surface area contributed by atoms with Crippen LogP contribution in [0.1, 0.15) is 24.5 Å². The fourth-order valence-corrected chi connectivity index (χ4v) is 5.30. The zero-order valence-electron chi connectivity index (χ0n) is 19.2. The summed E-state index contributed by atoms with van der Waals surface area (Å²) in [7, 11) is 0. The number of anilines is 2. The van der Waals surface area contributed by atoms with Gasteiger partial charge in [-0.1, -0.05) is 30.3 Å². The number of carbonyl (C=O) groups is 2. The van der Waals surface area contributed by atoms with Crippen LogP contribution in [0.25, 0.3) is 21.3 Å². The van der Waals surface area contributed by atoms with Crippen LogP contribution in [-0.4, -0.2) is 27.4 Å². The van der Waals surface area contributed by atoms with Crippen molar-refractivity contribution in [3.8, 4) is 11.1 Å². The average molecular weight is 473 g/mol. The number of thiophene rings is 1. The highest BCUT2D eigenvalue weighted by molar-refractivity contribution is 7.17. The van der Waals surface area contributed by atoms with Crippen molar-refractivity contribution in [1.82, 2.24) is 9.55 Å². The van der Waals surface area contributed by atoms with Crippen LogP contribution in [0.5, 0.6) is 0 Å². The van der Waals surface area contributed by atoms with Crippen LogP contribution >= 0.6 is 11.3 Å². The molecule has 0 saturated carbocycles. The highest BCUT2D eigenvalue weighted by atomic mass is 32.1. The highest BCUT2D eigenvalue weighted by Crippen LogP contribution is 2.33. The molecule has 7 nitrogen and oxygen atoms in total. The first-order valence-corrected chi connectivity index (χ1v) is 12.0. The Labute approximate surface area is 200 Å². The largest absolute Gasteiger partial charge is 0.324 e. The number of rotatable bonds is 3. The molecule has 2 aromatic heterocycles. The summed E-state index contributed by atoms with van der Waals surface area (Å²) >= 11 is 1.42. The lowest BCUT2D eigenvalue weighted by Gasteiger charge is -2.28. The Morgan fingerprint density at radius 2 is 1.94 bits per heavy atom. The summed E-state index contributed by atoms with van der Waals surface area (Å²) in [6, 6.07) is 13.0. The molecule has 5 rings (SSSR count). The highest BCUT2D eigenvalue weighted by Gasteiger charge is 2.30. The predicted molar refractivity (Wildman–Crippen MR) is 135 cm³/mol. The van der Waals surface area contributed by atoms with E-state index in [0.717, 1.165) is 16.7 Å². The molecule has 0 saturated heterocycles. The molecule has 0 unspecified atom stereocenters. The zero-order chi connectivity index (χ0) is 24.0. The average Bonchev–Trinajstić information content (AvgIpc) is 3.18. The monoisotopic (exact) mass is 472 g/mol. The molecule has 4 aromatic rings. The Morgan fingerprint density at radius 3 is 2.74 bits per heavy atom. The van der Waals surface area contributed by atoms with Gasteiger partial charge in [-0.25, -0.2) is 4.98 Å². The number of hydrogen-bond donors (Lipinski definition) is 1. The van der Waals surface area contributed by atoms with Gasteiger partial charge >= 0.3 is 0 Å². The summed E-state index contributed by atoms with van der Waals surface area (Å²) in [6.45, 7) is 5.76. The predicted octanol–water partition coefficient (Wildman–Crippen LogP) is 4.51. The first-order chi connectivity index (χ1) is 16.3. The molecule has 1 aliphatic heterocycles. The number of nitrogens with zero attached hydrogens (tertiary/aromatic N) is 3. The van der Waals surface area contributed by atoms with Gasteiger partial charge in [-0.2, -0.15) is 0 Å². The number of benzene rings is 2. The SMILES string of the molecule is Cc1ccc(-c2csc3ncn(CC(=O)N4c5ccccc5NC(=O)C[C@H]4C)c(=O)c23)cc1C. The molecule has 2 aromatic carbocycles. The van der Waals surface area contributed by atoms with Crippen LogP contribution in [0, 0.1) is 13.8 Å². The van der Waals surface area contributed by atoms with Gasteiger partial charge in [0.1, 0.15) is 11.4 Å². The fraction of sp³-hybridized carbons (Fsp3) is 0.231. The van der Waals surface area contributed by atoms with E-state index in [1.54, 1.807) is 17.0 Å². The van der Waals surface area contributed by atoms with Gasteiger partial charge in [0.25, 0.3) is 5.56 Å². The molecular weight excluding hydrogens is 448 g/mol. The van der Waals surface area contributed by atoms with E-state index in [1.807, 2.05) is 43.5 Å². The summed E-state index contributed by atoms with van der Waals surface area (Å²) in [4.78, 5) is 45.9. The van der Waals surface area contributed by atoms with Crippen molar-refractivity contribution < 1.29 is 9.59 Å². The maximum absolute atomic E-state index is 13.5. The minimum absolute atomic E-state index is 0.146. The van der Waals surface area contributed by atoms with Crippen LogP contribution in [0.3, 0.4) is 0 Å². The van der Waals surface area contributed by atoms with Gasteiger partial charge in [0.15, 0.2) is 0 Å². The van der Waals surface area contributed by atoms with Crippen molar-refractivity contribution in [2.45, 2.75) is 39.8 Å². The van der Waals surface area contributed by atoms with Crippen molar-refractivity contribution in [2.75, 3.05) is 10.2 Å². The maximum atomic E-state index is 13.5. The molecule has 34 heavy (non-hydrogen) atoms. The number of nitrogens with one attached hydrogen (secondary N) is 1. The van der Waals surface area contributed by atoms with Gasteiger partial charge in [-0.05, 0) is 49.6 Å². The van der Waals surface area contributed by atoms with E-state index in [4.69, 9.17) is 0 Å². The van der Waals surface area contributed by atoms with Crippen molar-refractivity contribution in [3.05, 3.63) is 75.7 Å². The molecule has 1 atom stereocenters. The van der Waals surface area contributed by atoms with Gasteiger partial charge in [-0.15, -0.1) is 11.3 Å². The van der Waals surface area contributed by atoms with E-state index in [2.05, 4.69) is 23.3 Å². The Bertz CT molecular complexity index is 1500. The van der Waals surface area contributed by atoms with E-state index >= 15 is 0 Å². The number of amides is 2. The topological polar surface area (TPSA) is 84.3 Å². The third kappa shape index (κ3) is 3.80. The van der Waals surface area contributed by atoms with Crippen molar-refractivity contribution in [3.63, 3.8) is 0 Å². The van der Waals surface area contributed by atoms with Gasteiger partial charge in [0.2, 0.25) is 11.8 Å². The smallest absolute Gasteiger partial charge is 0.263 e. The lowest BCUT2D eigenvalue weighted by atomic mass is 10.0. The Balaban J connectivity index is 1.54. The van der Waals surface area contributed by atoms with Crippen LogP contribution < -0.4 is 15.8 Å². The number of aryl methyl sites for hydroxylation is 2. The van der Waals surface area contributed by atoms with Crippen LogP contribution in [0.2, 0.25) is 0 Å². The van der Waals surface area contributed by atoms with Gasteiger partial charge < -0.3 is 10.2 Å². The van der Waals surface area contributed by atoms with E-state index in [-0.39, 0.29) is 36.4 Å². The zero-order valence-corrected chi connectivity index (χ0v) is 20.0. The number of carbonyl (C=O) groups excluding carboxylic acids is 2. The molecule has 1 N–H and O–H groups in total. The minimum atomic E-state index is -0.351. The van der Waals surface area contributed by atoms with E-state index in [0.29, 0.717) is 21.6 Å². The second kappa shape index (κ2) is 8.53. The van der Waals surface area contributed by atoms with Crippen LogP contribution in [-0.2, 0) is 16.1 Å². The molecule has 0 radical (unpaired) electrons. The molecule has 0 spiro atoms. The summed E-state index contributed by atoms with van der Waals surface area (Å²) < 4.78 is 1.36. The standard InChI is InChI=1S/C26H24N4O3S/c1-15-8-9-18(10-16(15)2)19-13-34-25-24(19)26(33)29(14-27-25)12-23(32)30-17(3)11-22(31)28-20-6-4-5-7-21(20)30/h4-10,13-14,17H,11-12H2,1-3H3,(H,28,31)/t17-/m1/s1. The molecule has 1 aliphatic rings. The van der Waals surface area contributed by atoms with E-state index < -0.39 is 0 Å². The maximum Gasteiger partial charge on any atom is 0.263 e. The molecule has 0 aliphatic carbocycles. The lowest BCUT2D eigenvalue weighted by Crippen LogP contribution is -2.42. The van der Waals surface area contributed by atoms with E-state index in [1.165, 1.54) is 27.8 Å². The number of aromatic nitrogens is 2. The molecule has 8 heteroatoms. The Hall–Kier alpha value is -3.78. The third-order valence-electron chi connectivity index (χ3n) is 6.31. The normalized spacial score (nSPS) is 15.7. The first kappa shape index (κ1) is 22.0. The van der Waals surface area contributed by atoms with Gasteiger partial charge in [-0.3, -0.25) is 19.0 Å². The first-order valence-electron chi connectivity index (χ1n) is 11.1. The molecular formula is C26H24N4O3S. The van der Waals surface area contributed by atoms with Crippen LogP contribution in [0.15, 0.2) is 59.0 Å². The van der Waals surface area contributed by atoms with Crippen molar-refractivity contribution in [1.29, 1.82) is 0 Å². The number of hydrogen-bond acceptors (Lipinski definition) is 5. The summed E-state index contributed by atoms with van der Waals surface area (Å²) in [5.74, 6) is -0.422. The third-order valence-corrected chi connectivity index (χ3v) is 7.20. The quantitative estimate of drug-likeness (QED) is 0.476. The summed E-state index contributed by atoms with van der Waals surface area (Å²) in [5, 5.41) is 5.32. The molecule has 0 bridgehead atoms. The fourth-order valence-electron chi connectivity index (χ4n) is 4.39. The number of para-hydroxylation sites is 2. The summed E-state index contributed by atoms with van der Waals surface area (Å²) in [6.07, 6.45) is 1.61. The Kier molecular flexibility index (Phi) is 5.53. The second-order valence-electron chi connectivity index (χ2n) is 8.69. The van der Waals surface area contributed by atoms with Gasteiger partial charge in [0, 0.05) is 23.4 Å². The molecule has 172 valence electrons. The molecule has 2 amide bonds. The molecule has 3 heterocycles. The Morgan fingerprint density at radius 1 is 1.15 bits per heavy atom. The van der Waals surface area contributed by atoms with Gasteiger partial charge in [0.05, 0.1) is 23.1 Å². The minimum Gasteiger partial charge on any atom is -0.324 e.